The van der Waals surface area contributed by atoms with Crippen LogP contribution in [0.15, 0.2) is 25.2 Å². The van der Waals surface area contributed by atoms with E-state index >= 15 is 0 Å². The zero-order chi connectivity index (χ0) is 6.85. The van der Waals surface area contributed by atoms with Gasteiger partial charge in [0.05, 0.1) is 0 Å². The van der Waals surface area contributed by atoms with Gasteiger partial charge >= 0.3 is 0 Å². The molecule has 0 saturated carbocycles. The van der Waals surface area contributed by atoms with Crippen LogP contribution in [-0.4, -0.2) is 15.5 Å². The second-order valence-electron chi connectivity index (χ2n) is 1.90. The fourth-order valence-corrected chi connectivity index (χ4v) is 0.882. The first kappa shape index (κ1) is 6.49. The highest BCUT2D eigenvalue weighted by Gasteiger charge is 2.16. The molecule has 9 heavy (non-hydrogen) atoms. The molecule has 1 heterocycles. The van der Waals surface area contributed by atoms with Crippen molar-refractivity contribution >= 4 is 11.8 Å². The molecule has 1 aliphatic rings. The van der Waals surface area contributed by atoms with Gasteiger partial charge in [-0.3, -0.25) is 4.42 Å². The summed E-state index contributed by atoms with van der Waals surface area (Å²) in [5.74, 6) is 0. The molecule has 1 atom stereocenters. The molecule has 0 bridgehead atoms. The minimum atomic E-state index is 0.198. The molecule has 0 fully saturated rings. The Morgan fingerprint density at radius 1 is 1.67 bits per heavy atom. The molecule has 0 aromatic rings. The van der Waals surface area contributed by atoms with Crippen molar-refractivity contribution < 1.29 is 0 Å². The third kappa shape index (κ3) is 1.03. The maximum Gasteiger partial charge on any atom is 0.117 e. The Labute approximate surface area is 60.1 Å². The molecule has 0 aliphatic carbocycles. The van der Waals surface area contributed by atoms with E-state index in [1.807, 2.05) is 18.0 Å². The van der Waals surface area contributed by atoms with Crippen LogP contribution in [-0.2, 0) is 0 Å². The van der Waals surface area contributed by atoms with Crippen molar-refractivity contribution in [2.45, 2.75) is 13.1 Å². The number of nitrogens with zero attached hydrogens (tertiary/aromatic N) is 2. The van der Waals surface area contributed by atoms with Gasteiger partial charge in [-0.2, -0.15) is 0 Å². The van der Waals surface area contributed by atoms with Crippen LogP contribution >= 0.6 is 11.8 Å². The quantitative estimate of drug-likeness (QED) is 0.517. The van der Waals surface area contributed by atoms with Gasteiger partial charge in [0.25, 0.3) is 0 Å². The first-order valence-corrected chi connectivity index (χ1v) is 3.12. The van der Waals surface area contributed by atoms with Gasteiger partial charge in [0.15, 0.2) is 0 Å². The summed E-state index contributed by atoms with van der Waals surface area (Å²) in [6.45, 7) is 5.61. The van der Waals surface area contributed by atoms with Crippen molar-refractivity contribution in [3.05, 3.63) is 25.2 Å². The molecule has 0 radical (unpaired) electrons. The SMILES string of the molecule is C=CN1C=CN(Cl)C1C. The smallest absolute Gasteiger partial charge is 0.117 e. The highest BCUT2D eigenvalue weighted by atomic mass is 35.5. The van der Waals surface area contributed by atoms with Gasteiger partial charge in [0, 0.05) is 24.2 Å². The minimum absolute atomic E-state index is 0.198. The molecule has 0 amide bonds. The topological polar surface area (TPSA) is 6.48 Å². The third-order valence-corrected chi connectivity index (χ3v) is 1.78. The van der Waals surface area contributed by atoms with Crippen LogP contribution in [0.1, 0.15) is 6.92 Å². The van der Waals surface area contributed by atoms with Crippen LogP contribution in [0.2, 0.25) is 0 Å². The van der Waals surface area contributed by atoms with Gasteiger partial charge in [0.1, 0.15) is 6.17 Å². The Morgan fingerprint density at radius 3 is 2.56 bits per heavy atom. The lowest BCUT2D eigenvalue weighted by molar-refractivity contribution is 0.308. The molecule has 0 saturated heterocycles. The lowest BCUT2D eigenvalue weighted by Crippen LogP contribution is -2.26. The average molecular weight is 145 g/mol. The lowest BCUT2D eigenvalue weighted by atomic mass is 10.5. The number of hydrogen-bond acceptors (Lipinski definition) is 2. The van der Waals surface area contributed by atoms with Gasteiger partial charge < -0.3 is 4.90 Å². The van der Waals surface area contributed by atoms with Crippen molar-refractivity contribution in [3.63, 3.8) is 0 Å². The predicted octanol–water partition coefficient (Wildman–Crippen LogP) is 1.72. The van der Waals surface area contributed by atoms with Crippen molar-refractivity contribution in [2.75, 3.05) is 0 Å². The zero-order valence-corrected chi connectivity index (χ0v) is 6.04. The van der Waals surface area contributed by atoms with Gasteiger partial charge in [-0.25, -0.2) is 0 Å². The monoisotopic (exact) mass is 144 g/mol. The van der Waals surface area contributed by atoms with E-state index in [2.05, 4.69) is 6.58 Å². The molecule has 0 spiro atoms. The largest absolute Gasteiger partial charge is 0.332 e. The molecule has 3 heteroatoms. The summed E-state index contributed by atoms with van der Waals surface area (Å²) in [5.41, 5.74) is 0. The van der Waals surface area contributed by atoms with Crippen LogP contribution in [0.5, 0.6) is 0 Å². The lowest BCUT2D eigenvalue weighted by Gasteiger charge is -2.20. The predicted molar refractivity (Wildman–Crippen MR) is 38.3 cm³/mol. The van der Waals surface area contributed by atoms with Crippen LogP contribution in [0.4, 0.5) is 0 Å². The highest BCUT2D eigenvalue weighted by molar-refractivity contribution is 6.14. The van der Waals surface area contributed by atoms with Crippen LogP contribution < -0.4 is 0 Å². The molecule has 0 N–H and O–H groups in total. The van der Waals surface area contributed by atoms with E-state index in [-0.39, 0.29) is 6.17 Å². The molecule has 0 aromatic carbocycles. The zero-order valence-electron chi connectivity index (χ0n) is 5.29. The Morgan fingerprint density at radius 2 is 2.33 bits per heavy atom. The van der Waals surface area contributed by atoms with E-state index in [1.54, 1.807) is 16.8 Å². The van der Waals surface area contributed by atoms with E-state index in [9.17, 15) is 0 Å². The molecular weight excluding hydrogens is 136 g/mol. The summed E-state index contributed by atoms with van der Waals surface area (Å²) in [7, 11) is 0. The van der Waals surface area contributed by atoms with E-state index in [0.29, 0.717) is 0 Å². The second kappa shape index (κ2) is 2.31. The standard InChI is InChI=1S/C6H9ClN2/c1-3-8-4-5-9(7)6(8)2/h3-6H,1H2,2H3. The molecule has 1 rings (SSSR count). The first-order valence-electron chi connectivity index (χ1n) is 2.78. The molecule has 1 aliphatic heterocycles. The summed E-state index contributed by atoms with van der Waals surface area (Å²) >= 11 is 5.69. The number of hydrogen-bond donors (Lipinski definition) is 0. The molecule has 1 unspecified atom stereocenters. The maximum atomic E-state index is 5.69. The molecular formula is C6H9ClN2. The summed E-state index contributed by atoms with van der Waals surface area (Å²) < 4.78 is 1.60. The van der Waals surface area contributed by atoms with E-state index in [0.717, 1.165) is 0 Å². The summed E-state index contributed by atoms with van der Waals surface area (Å²) in [5, 5.41) is 0. The van der Waals surface area contributed by atoms with Gasteiger partial charge in [-0.1, -0.05) is 6.58 Å². The van der Waals surface area contributed by atoms with Crippen molar-refractivity contribution in [1.29, 1.82) is 0 Å². The average Bonchev–Trinajstić information content (AvgIpc) is 2.15. The summed E-state index contributed by atoms with van der Waals surface area (Å²) in [6, 6.07) is 0. The van der Waals surface area contributed by atoms with E-state index < -0.39 is 0 Å². The first-order chi connectivity index (χ1) is 4.25. The van der Waals surface area contributed by atoms with Crippen molar-refractivity contribution in [1.82, 2.24) is 9.32 Å². The number of rotatable bonds is 1. The number of halogens is 1. The summed E-state index contributed by atoms with van der Waals surface area (Å²) in [4.78, 5) is 1.92. The third-order valence-electron chi connectivity index (χ3n) is 1.38. The minimum Gasteiger partial charge on any atom is -0.332 e. The Balaban J connectivity index is 2.61. The van der Waals surface area contributed by atoms with Gasteiger partial charge in [-0.05, 0) is 13.1 Å². The Bertz CT molecular complexity index is 144. The molecule has 0 aromatic heterocycles. The fourth-order valence-electron chi connectivity index (χ4n) is 0.731. The Hall–Kier alpha value is -0.630. The van der Waals surface area contributed by atoms with Gasteiger partial charge in [0.2, 0.25) is 0 Å². The normalized spacial score (nSPS) is 25.3. The van der Waals surface area contributed by atoms with Crippen LogP contribution in [0.3, 0.4) is 0 Å². The Kier molecular flexibility index (Phi) is 1.67. The summed E-state index contributed by atoms with van der Waals surface area (Å²) in [6.07, 6.45) is 5.62. The maximum absolute atomic E-state index is 5.69. The van der Waals surface area contributed by atoms with Crippen LogP contribution in [0.25, 0.3) is 0 Å². The second-order valence-corrected chi connectivity index (χ2v) is 2.29. The van der Waals surface area contributed by atoms with Crippen molar-refractivity contribution in [3.8, 4) is 0 Å². The highest BCUT2D eigenvalue weighted by Crippen LogP contribution is 2.16. The molecule has 50 valence electrons. The fraction of sp³-hybridized carbons (Fsp3) is 0.333. The molecule has 2 nitrogen and oxygen atoms in total. The van der Waals surface area contributed by atoms with Crippen LogP contribution in [0, 0.1) is 0 Å². The van der Waals surface area contributed by atoms with E-state index in [1.165, 1.54) is 0 Å². The van der Waals surface area contributed by atoms with Crippen molar-refractivity contribution in [2.24, 2.45) is 0 Å². The van der Waals surface area contributed by atoms with Gasteiger partial charge in [-0.15, -0.1) is 0 Å². The van der Waals surface area contributed by atoms with E-state index in [4.69, 9.17) is 11.8 Å².